The average Bonchev–Trinajstić information content (AvgIpc) is 3.11. The number of hydrogen-bond donors (Lipinski definition) is 0. The van der Waals surface area contributed by atoms with Crippen LogP contribution in [0.4, 0.5) is 8.78 Å². The predicted octanol–water partition coefficient (Wildman–Crippen LogP) is 3.42. The molecule has 0 saturated carbocycles. The Morgan fingerprint density at radius 2 is 1.92 bits per heavy atom. The molecular weight excluding hydrogens is 312 g/mol. The van der Waals surface area contributed by atoms with Crippen LogP contribution in [0.15, 0.2) is 61.2 Å². The summed E-state index contributed by atoms with van der Waals surface area (Å²) in [5.41, 5.74) is 1.64. The topological polar surface area (TPSA) is 38.1 Å². The van der Waals surface area contributed by atoms with E-state index in [4.69, 9.17) is 0 Å². The van der Waals surface area contributed by atoms with Crippen LogP contribution in [0, 0.1) is 11.6 Å². The zero-order chi connectivity index (χ0) is 17.1. The standard InChI is InChI=1S/C18H15F2N3O/c1-22(11-14-2-5-15(19)10-17(14)20)18(24)13-3-6-16(7-4-13)23-9-8-21-12-23/h2-10,12H,11H2,1H3. The zero-order valence-electron chi connectivity index (χ0n) is 13.0. The molecule has 0 unspecified atom stereocenters. The van der Waals surface area contributed by atoms with Crippen LogP contribution < -0.4 is 0 Å². The first-order valence-corrected chi connectivity index (χ1v) is 7.32. The molecule has 0 fully saturated rings. The number of aromatic nitrogens is 2. The Bertz CT molecular complexity index is 845. The number of carbonyl (C=O) groups excluding carboxylic acids is 1. The van der Waals surface area contributed by atoms with E-state index >= 15 is 0 Å². The summed E-state index contributed by atoms with van der Waals surface area (Å²) in [7, 11) is 1.58. The van der Waals surface area contributed by atoms with Gasteiger partial charge in [-0.2, -0.15) is 0 Å². The first kappa shape index (κ1) is 15.9. The third-order valence-electron chi connectivity index (χ3n) is 3.69. The summed E-state index contributed by atoms with van der Waals surface area (Å²) in [6.07, 6.45) is 5.14. The van der Waals surface area contributed by atoms with Crippen molar-refractivity contribution in [3.8, 4) is 5.69 Å². The smallest absolute Gasteiger partial charge is 0.253 e. The van der Waals surface area contributed by atoms with E-state index in [-0.39, 0.29) is 18.0 Å². The molecule has 2 aromatic carbocycles. The monoisotopic (exact) mass is 327 g/mol. The molecule has 4 nitrogen and oxygen atoms in total. The molecule has 0 bridgehead atoms. The van der Waals surface area contributed by atoms with Crippen LogP contribution in [0.1, 0.15) is 15.9 Å². The second-order valence-corrected chi connectivity index (χ2v) is 5.41. The number of carbonyl (C=O) groups is 1. The minimum Gasteiger partial charge on any atom is -0.337 e. The van der Waals surface area contributed by atoms with E-state index in [0.29, 0.717) is 5.56 Å². The maximum absolute atomic E-state index is 13.7. The average molecular weight is 327 g/mol. The Kier molecular flexibility index (Phi) is 4.37. The zero-order valence-corrected chi connectivity index (χ0v) is 13.0. The van der Waals surface area contributed by atoms with Crippen LogP contribution >= 0.6 is 0 Å². The fourth-order valence-corrected chi connectivity index (χ4v) is 2.39. The molecule has 3 aromatic rings. The highest BCUT2D eigenvalue weighted by Crippen LogP contribution is 2.15. The van der Waals surface area contributed by atoms with Crippen molar-refractivity contribution in [2.45, 2.75) is 6.54 Å². The maximum Gasteiger partial charge on any atom is 0.253 e. The molecule has 6 heteroatoms. The summed E-state index contributed by atoms with van der Waals surface area (Å²) in [6.45, 7) is 0.0637. The Labute approximate surface area is 138 Å². The lowest BCUT2D eigenvalue weighted by Crippen LogP contribution is -2.26. The Morgan fingerprint density at radius 3 is 2.54 bits per heavy atom. The molecular formula is C18H15F2N3O. The Balaban J connectivity index is 1.73. The highest BCUT2D eigenvalue weighted by Gasteiger charge is 2.14. The van der Waals surface area contributed by atoms with Gasteiger partial charge in [-0.1, -0.05) is 6.07 Å². The lowest BCUT2D eigenvalue weighted by molar-refractivity contribution is 0.0784. The summed E-state index contributed by atoms with van der Waals surface area (Å²) in [5, 5.41) is 0. The van der Waals surface area contributed by atoms with Crippen molar-refractivity contribution in [1.29, 1.82) is 0 Å². The van der Waals surface area contributed by atoms with Crippen LogP contribution in [0.25, 0.3) is 5.69 Å². The molecule has 3 rings (SSSR count). The molecule has 0 spiro atoms. The molecule has 0 N–H and O–H groups in total. The number of rotatable bonds is 4. The number of amides is 1. The third-order valence-corrected chi connectivity index (χ3v) is 3.69. The van der Waals surface area contributed by atoms with Crippen molar-refractivity contribution in [2.75, 3.05) is 7.05 Å². The van der Waals surface area contributed by atoms with Gasteiger partial charge in [0, 0.05) is 48.9 Å². The number of nitrogens with zero attached hydrogens (tertiary/aromatic N) is 3. The van der Waals surface area contributed by atoms with Crippen molar-refractivity contribution in [2.24, 2.45) is 0 Å². The Hall–Kier alpha value is -3.02. The molecule has 0 aliphatic rings. The van der Waals surface area contributed by atoms with E-state index in [2.05, 4.69) is 4.98 Å². The first-order valence-electron chi connectivity index (χ1n) is 7.32. The summed E-state index contributed by atoms with van der Waals surface area (Å²) in [6, 6.07) is 10.4. The maximum atomic E-state index is 13.7. The van der Waals surface area contributed by atoms with Crippen LogP contribution in [-0.4, -0.2) is 27.4 Å². The molecule has 0 radical (unpaired) electrons. The fourth-order valence-electron chi connectivity index (χ4n) is 2.39. The van der Waals surface area contributed by atoms with Crippen molar-refractivity contribution in [3.63, 3.8) is 0 Å². The van der Waals surface area contributed by atoms with Gasteiger partial charge in [-0.05, 0) is 30.3 Å². The van der Waals surface area contributed by atoms with Crippen molar-refractivity contribution < 1.29 is 13.6 Å². The van der Waals surface area contributed by atoms with E-state index in [1.165, 1.54) is 17.0 Å². The van der Waals surface area contributed by atoms with E-state index < -0.39 is 11.6 Å². The first-order chi connectivity index (χ1) is 11.5. The number of benzene rings is 2. The number of hydrogen-bond acceptors (Lipinski definition) is 2. The molecule has 0 atom stereocenters. The van der Waals surface area contributed by atoms with Gasteiger partial charge < -0.3 is 9.47 Å². The highest BCUT2D eigenvalue weighted by molar-refractivity contribution is 5.94. The SMILES string of the molecule is CN(Cc1ccc(F)cc1F)C(=O)c1ccc(-n2ccnc2)cc1. The fraction of sp³-hybridized carbons (Fsp3) is 0.111. The number of imidazole rings is 1. The van der Waals surface area contributed by atoms with Gasteiger partial charge in [0.05, 0.1) is 6.33 Å². The second kappa shape index (κ2) is 6.62. The van der Waals surface area contributed by atoms with Crippen LogP contribution in [-0.2, 0) is 6.54 Å². The van der Waals surface area contributed by atoms with E-state index in [1.54, 1.807) is 50.0 Å². The van der Waals surface area contributed by atoms with Crippen molar-refractivity contribution >= 4 is 5.91 Å². The summed E-state index contributed by atoms with van der Waals surface area (Å²) < 4.78 is 28.5. The molecule has 0 saturated heterocycles. The van der Waals surface area contributed by atoms with Crippen molar-refractivity contribution in [1.82, 2.24) is 14.5 Å². The normalized spacial score (nSPS) is 10.6. The molecule has 1 amide bonds. The minimum atomic E-state index is -0.662. The van der Waals surface area contributed by atoms with Crippen LogP contribution in [0.5, 0.6) is 0 Å². The summed E-state index contributed by atoms with van der Waals surface area (Å²) in [4.78, 5) is 17.8. The van der Waals surface area contributed by atoms with Gasteiger partial charge in [-0.15, -0.1) is 0 Å². The quantitative estimate of drug-likeness (QED) is 0.736. The van der Waals surface area contributed by atoms with Gasteiger partial charge in [-0.3, -0.25) is 4.79 Å². The number of halogens is 2. The molecule has 24 heavy (non-hydrogen) atoms. The van der Waals surface area contributed by atoms with Gasteiger partial charge in [0.25, 0.3) is 5.91 Å². The Morgan fingerprint density at radius 1 is 1.17 bits per heavy atom. The molecule has 0 aliphatic heterocycles. The lowest BCUT2D eigenvalue weighted by Gasteiger charge is -2.18. The lowest BCUT2D eigenvalue weighted by atomic mass is 10.1. The molecule has 0 aliphatic carbocycles. The van der Waals surface area contributed by atoms with Crippen molar-refractivity contribution in [3.05, 3.63) is 83.9 Å². The van der Waals surface area contributed by atoms with Gasteiger partial charge in [-0.25, -0.2) is 13.8 Å². The van der Waals surface area contributed by atoms with E-state index in [0.717, 1.165) is 11.8 Å². The second-order valence-electron chi connectivity index (χ2n) is 5.41. The predicted molar refractivity (Wildman–Crippen MR) is 85.7 cm³/mol. The molecule has 122 valence electrons. The van der Waals surface area contributed by atoms with E-state index in [9.17, 15) is 13.6 Å². The van der Waals surface area contributed by atoms with Gasteiger partial charge in [0.1, 0.15) is 11.6 Å². The van der Waals surface area contributed by atoms with E-state index in [1.807, 2.05) is 4.57 Å². The molecule has 1 aromatic heterocycles. The third kappa shape index (κ3) is 3.32. The van der Waals surface area contributed by atoms with Gasteiger partial charge >= 0.3 is 0 Å². The largest absolute Gasteiger partial charge is 0.337 e. The van der Waals surface area contributed by atoms with Gasteiger partial charge in [0.15, 0.2) is 0 Å². The van der Waals surface area contributed by atoms with Gasteiger partial charge in [0.2, 0.25) is 0 Å². The highest BCUT2D eigenvalue weighted by atomic mass is 19.1. The summed E-state index contributed by atoms with van der Waals surface area (Å²) >= 11 is 0. The van der Waals surface area contributed by atoms with Crippen LogP contribution in [0.3, 0.4) is 0 Å². The summed E-state index contributed by atoms with van der Waals surface area (Å²) in [5.74, 6) is -1.54. The van der Waals surface area contributed by atoms with Crippen LogP contribution in [0.2, 0.25) is 0 Å². The molecule has 1 heterocycles. The minimum absolute atomic E-state index is 0.0637.